The average molecular weight is 200 g/mol. The van der Waals surface area contributed by atoms with E-state index in [1.54, 1.807) is 0 Å². The van der Waals surface area contributed by atoms with Gasteiger partial charge in [0, 0.05) is 6.61 Å². The summed E-state index contributed by atoms with van der Waals surface area (Å²) in [6, 6.07) is -0.654. The lowest BCUT2D eigenvalue weighted by Crippen LogP contribution is -2.40. The van der Waals surface area contributed by atoms with E-state index in [0.29, 0.717) is 5.92 Å². The first-order chi connectivity index (χ1) is 6.70. The number of carbonyl (C=O) groups excluding carboxylic acids is 1. The van der Waals surface area contributed by atoms with Gasteiger partial charge >= 0.3 is 0 Å². The first-order valence-corrected chi connectivity index (χ1v) is 5.33. The van der Waals surface area contributed by atoms with Gasteiger partial charge in [0.25, 0.3) is 0 Å². The van der Waals surface area contributed by atoms with Crippen molar-refractivity contribution < 1.29 is 9.53 Å². The Morgan fingerprint density at radius 2 is 2.00 bits per heavy atom. The summed E-state index contributed by atoms with van der Waals surface area (Å²) in [4.78, 5) is 10.6. The Morgan fingerprint density at radius 1 is 1.36 bits per heavy atom. The summed E-state index contributed by atoms with van der Waals surface area (Å²) in [7, 11) is 0. The highest BCUT2D eigenvalue weighted by Crippen LogP contribution is 2.23. The SMILES string of the molecule is NC(=O)C(N)COCC1CCCCC1. The third kappa shape index (κ3) is 4.07. The van der Waals surface area contributed by atoms with Crippen molar-refractivity contribution >= 4 is 5.91 Å². The second-order valence-corrected chi connectivity index (χ2v) is 4.05. The monoisotopic (exact) mass is 200 g/mol. The maximum Gasteiger partial charge on any atom is 0.236 e. The summed E-state index contributed by atoms with van der Waals surface area (Å²) in [5, 5.41) is 0. The predicted octanol–water partition coefficient (Wildman–Crippen LogP) is 0.396. The van der Waals surface area contributed by atoms with Crippen LogP contribution in [-0.4, -0.2) is 25.2 Å². The van der Waals surface area contributed by atoms with E-state index in [4.69, 9.17) is 16.2 Å². The molecule has 1 rings (SSSR count). The molecule has 4 N–H and O–H groups in total. The fourth-order valence-electron chi connectivity index (χ4n) is 1.80. The zero-order chi connectivity index (χ0) is 10.4. The first-order valence-electron chi connectivity index (χ1n) is 5.33. The standard InChI is InChI=1S/C10H20N2O2/c11-9(10(12)13)7-14-6-8-4-2-1-3-5-8/h8-9H,1-7,11H2,(H2,12,13). The van der Waals surface area contributed by atoms with Gasteiger partial charge in [-0.1, -0.05) is 19.3 Å². The highest BCUT2D eigenvalue weighted by Gasteiger charge is 2.15. The van der Waals surface area contributed by atoms with Crippen molar-refractivity contribution in [1.29, 1.82) is 0 Å². The number of carbonyl (C=O) groups is 1. The van der Waals surface area contributed by atoms with E-state index >= 15 is 0 Å². The third-order valence-corrected chi connectivity index (χ3v) is 2.74. The van der Waals surface area contributed by atoms with Gasteiger partial charge in [0.2, 0.25) is 5.91 Å². The Hall–Kier alpha value is -0.610. The Morgan fingerprint density at radius 3 is 2.57 bits per heavy atom. The van der Waals surface area contributed by atoms with Gasteiger partial charge in [-0.15, -0.1) is 0 Å². The topological polar surface area (TPSA) is 78.3 Å². The lowest BCUT2D eigenvalue weighted by molar-refractivity contribution is -0.120. The number of rotatable bonds is 5. The molecule has 0 bridgehead atoms. The van der Waals surface area contributed by atoms with Crippen LogP contribution in [0.5, 0.6) is 0 Å². The fourth-order valence-corrected chi connectivity index (χ4v) is 1.80. The van der Waals surface area contributed by atoms with Crippen LogP contribution in [0, 0.1) is 5.92 Å². The summed E-state index contributed by atoms with van der Waals surface area (Å²) in [5.41, 5.74) is 10.4. The number of ether oxygens (including phenoxy) is 1. The lowest BCUT2D eigenvalue weighted by atomic mass is 9.90. The van der Waals surface area contributed by atoms with Crippen LogP contribution in [0.3, 0.4) is 0 Å². The zero-order valence-corrected chi connectivity index (χ0v) is 8.58. The van der Waals surface area contributed by atoms with Crippen molar-refractivity contribution in [1.82, 2.24) is 0 Å². The highest BCUT2D eigenvalue weighted by atomic mass is 16.5. The molecule has 0 aromatic heterocycles. The quantitative estimate of drug-likeness (QED) is 0.674. The van der Waals surface area contributed by atoms with E-state index in [9.17, 15) is 4.79 Å². The number of amides is 1. The van der Waals surface area contributed by atoms with Crippen LogP contribution in [-0.2, 0) is 9.53 Å². The molecule has 1 unspecified atom stereocenters. The summed E-state index contributed by atoms with van der Waals surface area (Å²) < 4.78 is 5.37. The van der Waals surface area contributed by atoms with Crippen molar-refractivity contribution in [2.75, 3.05) is 13.2 Å². The normalized spacial score (nSPS) is 20.6. The Labute approximate surface area is 85.0 Å². The molecular weight excluding hydrogens is 180 g/mol. The highest BCUT2D eigenvalue weighted by molar-refractivity contribution is 5.79. The van der Waals surface area contributed by atoms with Gasteiger partial charge in [0.05, 0.1) is 6.61 Å². The molecule has 0 aromatic carbocycles. The van der Waals surface area contributed by atoms with Gasteiger partial charge in [-0.05, 0) is 18.8 Å². The van der Waals surface area contributed by atoms with Crippen LogP contribution < -0.4 is 11.5 Å². The summed E-state index contributed by atoms with van der Waals surface area (Å²) >= 11 is 0. The van der Waals surface area contributed by atoms with E-state index in [2.05, 4.69) is 0 Å². The van der Waals surface area contributed by atoms with Crippen molar-refractivity contribution in [3.05, 3.63) is 0 Å². The first kappa shape index (κ1) is 11.5. The Kier molecular flexibility index (Phi) is 4.90. The van der Waals surface area contributed by atoms with Crippen LogP contribution in [0.4, 0.5) is 0 Å². The Bertz CT molecular complexity index is 179. The minimum absolute atomic E-state index is 0.256. The molecule has 14 heavy (non-hydrogen) atoms. The minimum Gasteiger partial charge on any atom is -0.379 e. The maximum absolute atomic E-state index is 10.6. The molecule has 0 spiro atoms. The number of hydrogen-bond donors (Lipinski definition) is 2. The van der Waals surface area contributed by atoms with Gasteiger partial charge in [-0.3, -0.25) is 4.79 Å². The van der Waals surface area contributed by atoms with E-state index in [1.165, 1.54) is 32.1 Å². The Balaban J connectivity index is 2.05. The van der Waals surface area contributed by atoms with Crippen molar-refractivity contribution in [3.8, 4) is 0 Å². The van der Waals surface area contributed by atoms with E-state index in [0.717, 1.165) is 6.61 Å². The average Bonchev–Trinajstić information content (AvgIpc) is 2.19. The molecule has 1 aliphatic carbocycles. The zero-order valence-electron chi connectivity index (χ0n) is 8.58. The number of hydrogen-bond acceptors (Lipinski definition) is 3. The third-order valence-electron chi connectivity index (χ3n) is 2.74. The predicted molar refractivity (Wildman–Crippen MR) is 54.6 cm³/mol. The molecule has 0 aliphatic heterocycles. The van der Waals surface area contributed by atoms with Crippen molar-refractivity contribution in [2.45, 2.75) is 38.1 Å². The van der Waals surface area contributed by atoms with E-state index < -0.39 is 11.9 Å². The largest absolute Gasteiger partial charge is 0.379 e. The molecule has 0 heterocycles. The smallest absolute Gasteiger partial charge is 0.236 e. The minimum atomic E-state index is -0.654. The molecule has 1 atom stereocenters. The number of primary amides is 1. The van der Waals surface area contributed by atoms with E-state index in [-0.39, 0.29) is 6.61 Å². The molecule has 1 saturated carbocycles. The number of nitrogens with two attached hydrogens (primary N) is 2. The van der Waals surface area contributed by atoms with Crippen molar-refractivity contribution in [2.24, 2.45) is 17.4 Å². The maximum atomic E-state index is 10.6. The molecule has 1 amide bonds. The van der Waals surface area contributed by atoms with Gasteiger partial charge in [-0.25, -0.2) is 0 Å². The molecular formula is C10H20N2O2. The van der Waals surface area contributed by atoms with Gasteiger partial charge < -0.3 is 16.2 Å². The van der Waals surface area contributed by atoms with Gasteiger partial charge in [0.15, 0.2) is 0 Å². The molecule has 0 aromatic rings. The second-order valence-electron chi connectivity index (χ2n) is 4.05. The molecule has 0 saturated heterocycles. The summed E-state index contributed by atoms with van der Waals surface area (Å²) in [6.07, 6.45) is 6.43. The van der Waals surface area contributed by atoms with Gasteiger partial charge in [0.1, 0.15) is 6.04 Å². The second kappa shape index (κ2) is 5.98. The van der Waals surface area contributed by atoms with Crippen LogP contribution >= 0.6 is 0 Å². The van der Waals surface area contributed by atoms with Crippen LogP contribution in [0.1, 0.15) is 32.1 Å². The van der Waals surface area contributed by atoms with Crippen LogP contribution in [0.15, 0.2) is 0 Å². The molecule has 82 valence electrons. The molecule has 4 heteroatoms. The van der Waals surface area contributed by atoms with Crippen molar-refractivity contribution in [3.63, 3.8) is 0 Å². The van der Waals surface area contributed by atoms with E-state index in [1.807, 2.05) is 0 Å². The van der Waals surface area contributed by atoms with Crippen LogP contribution in [0.25, 0.3) is 0 Å². The molecule has 1 aliphatic rings. The van der Waals surface area contributed by atoms with Gasteiger partial charge in [-0.2, -0.15) is 0 Å². The molecule has 4 nitrogen and oxygen atoms in total. The lowest BCUT2D eigenvalue weighted by Gasteiger charge is -2.21. The molecule has 0 radical (unpaired) electrons. The fraction of sp³-hybridized carbons (Fsp3) is 0.900. The van der Waals surface area contributed by atoms with Crippen LogP contribution in [0.2, 0.25) is 0 Å². The summed E-state index contributed by atoms with van der Waals surface area (Å²) in [6.45, 7) is 0.979. The molecule has 1 fully saturated rings. The summed E-state index contributed by atoms with van der Waals surface area (Å²) in [5.74, 6) is 0.164.